The van der Waals surface area contributed by atoms with Crippen LogP contribution >= 0.6 is 0 Å². The van der Waals surface area contributed by atoms with Crippen molar-refractivity contribution >= 4 is 32.2 Å². The van der Waals surface area contributed by atoms with Gasteiger partial charge in [-0.1, -0.05) is 0 Å². The zero-order chi connectivity index (χ0) is 14.8. The van der Waals surface area contributed by atoms with Crippen LogP contribution in [0.2, 0.25) is 0 Å². The van der Waals surface area contributed by atoms with Crippen LogP contribution in [0.3, 0.4) is 0 Å². The highest BCUT2D eigenvalue weighted by Gasteiger charge is 2.32. The summed E-state index contributed by atoms with van der Waals surface area (Å²) in [5.74, 6) is 0. The van der Waals surface area contributed by atoms with Gasteiger partial charge in [0.05, 0.1) is 26.4 Å². The summed E-state index contributed by atoms with van der Waals surface area (Å²) < 4.78 is 81.0. The topological polar surface area (TPSA) is 141 Å². The van der Waals surface area contributed by atoms with Crippen LogP contribution in [0.1, 0.15) is 0 Å². The number of hydrogen-bond donors (Lipinski definition) is 0. The summed E-state index contributed by atoms with van der Waals surface area (Å²) in [5, 5.41) is 0. The minimum Gasteiger partial charge on any atom is -0.266 e. The molecule has 2 atom stereocenters. The van der Waals surface area contributed by atoms with Gasteiger partial charge < -0.3 is 0 Å². The van der Waals surface area contributed by atoms with Crippen LogP contribution in [-0.2, 0) is 57.3 Å². The van der Waals surface area contributed by atoms with E-state index in [2.05, 4.69) is 25.1 Å². The van der Waals surface area contributed by atoms with Gasteiger partial charge in [-0.05, 0) is 0 Å². The molecule has 20 heavy (non-hydrogen) atoms. The third kappa shape index (κ3) is 4.97. The normalized spacial score (nSPS) is 33.2. The van der Waals surface area contributed by atoms with Gasteiger partial charge in [0.2, 0.25) is 0 Å². The van der Waals surface area contributed by atoms with Gasteiger partial charge in [0.1, 0.15) is 12.2 Å². The molecule has 0 aromatic carbocycles. The van der Waals surface area contributed by atoms with Crippen LogP contribution in [-0.4, -0.2) is 59.7 Å². The summed E-state index contributed by atoms with van der Waals surface area (Å²) in [6, 6.07) is 0. The molecule has 0 amide bonds. The van der Waals surface area contributed by atoms with Gasteiger partial charge in [0.25, 0.3) is 0 Å². The molecule has 0 saturated carbocycles. The summed E-state index contributed by atoms with van der Waals surface area (Å²) in [7, 11) is -8.01. The van der Waals surface area contributed by atoms with Gasteiger partial charge in [-0.25, -0.2) is 16.7 Å². The standard InChI is InChI=1S/C6H10O11S3/c7-18(12-1-5-3-14-19(8,9)16-5)13-2-6-4-15-20(10,11)17-6/h5-6H,1-4H2. The van der Waals surface area contributed by atoms with Crippen molar-refractivity contribution in [3.8, 4) is 0 Å². The van der Waals surface area contributed by atoms with Crippen molar-refractivity contribution in [1.29, 1.82) is 0 Å². The van der Waals surface area contributed by atoms with E-state index in [1.165, 1.54) is 0 Å². The Bertz CT molecular complexity index is 515. The minimum absolute atomic E-state index is 0.253. The lowest BCUT2D eigenvalue weighted by atomic mass is 10.4. The smallest absolute Gasteiger partial charge is 0.266 e. The van der Waals surface area contributed by atoms with E-state index in [-0.39, 0.29) is 26.4 Å². The largest absolute Gasteiger partial charge is 0.400 e. The van der Waals surface area contributed by atoms with Gasteiger partial charge in [0.15, 0.2) is 0 Å². The van der Waals surface area contributed by atoms with Crippen LogP contribution in [0, 0.1) is 0 Å². The average Bonchev–Trinajstić information content (AvgIpc) is 2.86. The van der Waals surface area contributed by atoms with Crippen molar-refractivity contribution in [3.63, 3.8) is 0 Å². The predicted octanol–water partition coefficient (Wildman–Crippen LogP) is -2.08. The molecule has 118 valence electrons. The Hall–Kier alpha value is -0.190. The molecule has 2 aliphatic rings. The number of hydrogen-bond acceptors (Lipinski definition) is 11. The van der Waals surface area contributed by atoms with Gasteiger partial charge >= 0.3 is 32.2 Å². The Kier molecular flexibility index (Phi) is 5.09. The SMILES string of the molecule is O=S(OCC1COS(=O)(=O)O1)OCC1COS(=O)(=O)O1. The van der Waals surface area contributed by atoms with E-state index in [1.807, 2.05) is 0 Å². The molecule has 0 bridgehead atoms. The van der Waals surface area contributed by atoms with Crippen molar-refractivity contribution in [2.75, 3.05) is 26.4 Å². The Morgan fingerprint density at radius 1 is 0.900 bits per heavy atom. The first kappa shape index (κ1) is 16.2. The summed E-state index contributed by atoms with van der Waals surface area (Å²) in [6.07, 6.45) is -1.84. The fourth-order valence-electron chi connectivity index (χ4n) is 1.21. The minimum atomic E-state index is -4.00. The van der Waals surface area contributed by atoms with E-state index in [4.69, 9.17) is 0 Å². The highest BCUT2D eigenvalue weighted by atomic mass is 32.3. The Morgan fingerprint density at radius 3 is 1.60 bits per heavy atom. The van der Waals surface area contributed by atoms with Gasteiger partial charge in [-0.2, -0.15) is 21.0 Å². The fourth-order valence-corrected chi connectivity index (χ4v) is 3.44. The molecule has 0 aromatic heterocycles. The molecule has 2 fully saturated rings. The lowest BCUT2D eigenvalue weighted by Crippen LogP contribution is -2.23. The van der Waals surface area contributed by atoms with E-state index in [0.29, 0.717) is 0 Å². The van der Waals surface area contributed by atoms with Crippen LogP contribution in [0.5, 0.6) is 0 Å². The lowest BCUT2D eigenvalue weighted by Gasteiger charge is -2.08. The molecule has 0 aromatic rings. The quantitative estimate of drug-likeness (QED) is 0.518. The second-order valence-corrected chi connectivity index (χ2v) is 6.96. The Morgan fingerprint density at radius 2 is 1.30 bits per heavy atom. The highest BCUT2D eigenvalue weighted by molar-refractivity contribution is 7.82. The summed E-state index contributed by atoms with van der Waals surface area (Å²) in [6.45, 7) is -1.19. The molecular formula is C6H10O11S3. The Labute approximate surface area is 117 Å². The van der Waals surface area contributed by atoms with Crippen LogP contribution in [0.4, 0.5) is 0 Å². The molecule has 2 aliphatic heterocycles. The first-order chi connectivity index (χ1) is 9.26. The first-order valence-corrected chi connectivity index (χ1v) is 8.76. The maximum Gasteiger partial charge on any atom is 0.400 e. The zero-order valence-corrected chi connectivity index (χ0v) is 12.1. The summed E-state index contributed by atoms with van der Waals surface area (Å²) in [5.41, 5.74) is 0. The second kappa shape index (κ2) is 6.29. The maximum absolute atomic E-state index is 11.3. The van der Waals surface area contributed by atoms with Gasteiger partial charge in [-0.3, -0.25) is 8.37 Å². The molecule has 2 heterocycles. The molecule has 0 N–H and O–H groups in total. The van der Waals surface area contributed by atoms with Crippen LogP contribution in [0.15, 0.2) is 0 Å². The monoisotopic (exact) mass is 354 g/mol. The van der Waals surface area contributed by atoms with Crippen LogP contribution in [0.25, 0.3) is 0 Å². The number of rotatable bonds is 6. The maximum atomic E-state index is 11.3. The van der Waals surface area contributed by atoms with Gasteiger partial charge in [0, 0.05) is 0 Å². The molecule has 2 saturated heterocycles. The fraction of sp³-hybridized carbons (Fsp3) is 1.00. The average molecular weight is 354 g/mol. The first-order valence-electron chi connectivity index (χ1n) is 5.09. The van der Waals surface area contributed by atoms with Crippen molar-refractivity contribution in [2.45, 2.75) is 12.2 Å². The van der Waals surface area contributed by atoms with E-state index >= 15 is 0 Å². The molecule has 0 aliphatic carbocycles. The Balaban J connectivity index is 1.64. The lowest BCUT2D eigenvalue weighted by molar-refractivity contribution is 0.120. The van der Waals surface area contributed by atoms with E-state index in [1.54, 1.807) is 0 Å². The molecule has 2 rings (SSSR count). The summed E-state index contributed by atoms with van der Waals surface area (Å²) in [4.78, 5) is 0. The third-order valence-electron chi connectivity index (χ3n) is 2.00. The molecule has 0 spiro atoms. The summed E-state index contributed by atoms with van der Waals surface area (Å²) >= 11 is -2.22. The van der Waals surface area contributed by atoms with E-state index in [9.17, 15) is 21.0 Å². The van der Waals surface area contributed by atoms with Crippen molar-refractivity contribution < 1.29 is 46.1 Å². The molecular weight excluding hydrogens is 344 g/mol. The van der Waals surface area contributed by atoms with Crippen molar-refractivity contribution in [2.24, 2.45) is 0 Å². The van der Waals surface area contributed by atoms with E-state index in [0.717, 1.165) is 0 Å². The molecule has 11 nitrogen and oxygen atoms in total. The molecule has 0 radical (unpaired) electrons. The second-order valence-electron chi connectivity index (χ2n) is 3.60. The molecule has 2 unspecified atom stereocenters. The van der Waals surface area contributed by atoms with Crippen molar-refractivity contribution in [3.05, 3.63) is 0 Å². The zero-order valence-electron chi connectivity index (χ0n) is 9.70. The third-order valence-corrected chi connectivity index (χ3v) is 4.53. The predicted molar refractivity (Wildman–Crippen MR) is 59.5 cm³/mol. The van der Waals surface area contributed by atoms with Crippen molar-refractivity contribution in [1.82, 2.24) is 0 Å². The van der Waals surface area contributed by atoms with Crippen LogP contribution < -0.4 is 0 Å². The highest BCUT2D eigenvalue weighted by Crippen LogP contribution is 2.15. The molecule has 14 heteroatoms. The van der Waals surface area contributed by atoms with Gasteiger partial charge in [-0.15, -0.1) is 0 Å². The van der Waals surface area contributed by atoms with E-state index < -0.39 is 44.4 Å².